The summed E-state index contributed by atoms with van der Waals surface area (Å²) < 4.78 is 47.7. The highest BCUT2D eigenvalue weighted by atomic mass is 16.6. The lowest BCUT2D eigenvalue weighted by molar-refractivity contribution is -0.146. The van der Waals surface area contributed by atoms with Gasteiger partial charge in [0, 0.05) is 19.4 Å². The summed E-state index contributed by atoms with van der Waals surface area (Å²) in [5.74, 6) is -3.15. The van der Waals surface area contributed by atoms with Crippen molar-refractivity contribution < 1.29 is 71.4 Å². The van der Waals surface area contributed by atoms with E-state index in [-0.39, 0.29) is 48.6 Å². The zero-order valence-electron chi connectivity index (χ0n) is 30.9. The molecule has 0 aliphatic carbocycles. The number of unbranched alkanes of at least 4 members (excludes halogenated alkanes) is 2. The van der Waals surface area contributed by atoms with E-state index in [9.17, 15) is 28.8 Å². The zero-order chi connectivity index (χ0) is 38.8. The second kappa shape index (κ2) is 26.8. The second-order valence-electron chi connectivity index (χ2n) is 11.9. The van der Waals surface area contributed by atoms with Crippen molar-refractivity contribution in [3.05, 3.63) is 29.3 Å². The topological polar surface area (TPSA) is 213 Å². The highest BCUT2D eigenvalue weighted by Gasteiger charge is 2.45. The van der Waals surface area contributed by atoms with Gasteiger partial charge in [-0.2, -0.15) is 0 Å². The van der Waals surface area contributed by atoms with Crippen molar-refractivity contribution in [3.63, 3.8) is 0 Å². The lowest BCUT2D eigenvalue weighted by atomic mass is 10.0. The number of methoxy groups -OCH3 is 1. The van der Waals surface area contributed by atoms with Gasteiger partial charge in [0.25, 0.3) is 11.8 Å². The molecule has 1 fully saturated rings. The number of hydrogen-bond donors (Lipinski definition) is 2. The maximum absolute atomic E-state index is 13.2. The highest BCUT2D eigenvalue weighted by Crippen LogP contribution is 2.32. The van der Waals surface area contributed by atoms with Crippen LogP contribution in [0.5, 0.6) is 0 Å². The molecule has 0 bridgehead atoms. The van der Waals surface area contributed by atoms with Crippen molar-refractivity contribution in [1.29, 1.82) is 0 Å². The van der Waals surface area contributed by atoms with Gasteiger partial charge in [-0.05, 0) is 31.4 Å². The maximum atomic E-state index is 13.2. The number of nitrogens with zero attached hydrogens (tertiary/aromatic N) is 1. The van der Waals surface area contributed by atoms with E-state index in [0.717, 1.165) is 17.7 Å². The molecule has 3 rings (SSSR count). The highest BCUT2D eigenvalue weighted by molar-refractivity contribution is 6.26. The molecule has 2 aliphatic heterocycles. The number of ether oxygens (including phenoxy) is 9. The molecule has 1 aromatic rings. The number of carbonyl (C=O) groups excluding carboxylic acids is 6. The molecule has 0 radical (unpaired) electrons. The third-order valence-corrected chi connectivity index (χ3v) is 7.99. The van der Waals surface area contributed by atoms with Crippen LogP contribution < -0.4 is 10.6 Å². The molecule has 1 saturated heterocycles. The second-order valence-corrected chi connectivity index (χ2v) is 11.9. The molecule has 0 aromatic heterocycles. The average Bonchev–Trinajstić information content (AvgIpc) is 3.41. The maximum Gasteiger partial charge on any atom is 0.331 e. The van der Waals surface area contributed by atoms with Gasteiger partial charge in [0.05, 0.1) is 116 Å². The van der Waals surface area contributed by atoms with Gasteiger partial charge in [0.1, 0.15) is 12.6 Å². The average molecular weight is 768 g/mol. The summed E-state index contributed by atoms with van der Waals surface area (Å²) in [5, 5.41) is 4.89. The summed E-state index contributed by atoms with van der Waals surface area (Å²) in [6.07, 6.45) is 2.43. The van der Waals surface area contributed by atoms with Gasteiger partial charge in [-0.3, -0.25) is 34.2 Å². The quantitative estimate of drug-likeness (QED) is 0.0610. The summed E-state index contributed by atoms with van der Waals surface area (Å²) >= 11 is 0. The third kappa shape index (κ3) is 16.6. The number of carbonyl (C=O) groups is 6. The number of piperidine rings is 1. The van der Waals surface area contributed by atoms with Crippen LogP contribution in [0, 0.1) is 0 Å². The predicted molar refractivity (Wildman–Crippen MR) is 189 cm³/mol. The first-order valence-electron chi connectivity index (χ1n) is 18.2. The molecule has 0 saturated carbocycles. The molecule has 1 aromatic carbocycles. The number of amides is 5. The summed E-state index contributed by atoms with van der Waals surface area (Å²) in [6, 6.07) is 3.52. The lowest BCUT2D eigenvalue weighted by Crippen LogP contribution is -2.54. The number of benzene rings is 1. The van der Waals surface area contributed by atoms with E-state index < -0.39 is 35.6 Å². The number of nitrogens with one attached hydrogen (secondary N) is 2. The smallest absolute Gasteiger partial charge is 0.331 e. The van der Waals surface area contributed by atoms with Gasteiger partial charge in [-0.1, -0.05) is 12.5 Å². The van der Waals surface area contributed by atoms with E-state index in [1.807, 2.05) is 0 Å². The van der Waals surface area contributed by atoms with Crippen LogP contribution in [0.15, 0.2) is 18.2 Å². The Kier molecular flexibility index (Phi) is 22.1. The van der Waals surface area contributed by atoms with E-state index in [1.54, 1.807) is 12.1 Å². The van der Waals surface area contributed by atoms with Gasteiger partial charge in [0.2, 0.25) is 17.7 Å². The summed E-state index contributed by atoms with van der Waals surface area (Å²) in [5.41, 5.74) is 0.372. The van der Waals surface area contributed by atoms with Crippen LogP contribution in [0.2, 0.25) is 0 Å². The van der Waals surface area contributed by atoms with Gasteiger partial charge in [0.15, 0.2) is 0 Å². The van der Waals surface area contributed by atoms with Crippen LogP contribution in [0.4, 0.5) is 5.69 Å². The zero-order valence-corrected chi connectivity index (χ0v) is 30.9. The lowest BCUT2D eigenvalue weighted by Gasteiger charge is -2.27. The minimum absolute atomic E-state index is 0.0261. The SMILES string of the molecule is COC(=O)COCCOCCOCCOCCOCCOCCOCCOCCCCCC(=O)Nc1cccc2c1C(=O)N(C1CCC(=O)NC1=O)C2=O. The standard InChI is InChI=1S/C36H53N3O15/c1-46-32(42)26-54-25-24-53-23-22-52-21-20-51-19-18-50-17-16-49-15-14-48-13-12-47-11-4-2-3-8-30(40)37-28-7-5-6-27-33(28)36(45)39(35(27)44)29-9-10-31(41)38-34(29)43/h5-7,29H,2-4,8-26H2,1H3,(H,37,40)(H,38,41,43). The predicted octanol–water partition coefficient (Wildman–Crippen LogP) is 0.893. The number of fused-ring (bicyclic) bond motifs is 1. The van der Waals surface area contributed by atoms with E-state index >= 15 is 0 Å². The Hall–Kier alpha value is -3.88. The molecule has 2 heterocycles. The van der Waals surface area contributed by atoms with Crippen molar-refractivity contribution >= 4 is 41.2 Å². The Morgan fingerprint density at radius 3 is 1.72 bits per heavy atom. The van der Waals surface area contributed by atoms with Crippen molar-refractivity contribution in [2.75, 3.05) is 118 Å². The van der Waals surface area contributed by atoms with Crippen LogP contribution >= 0.6 is 0 Å². The number of rotatable bonds is 31. The number of esters is 1. The summed E-state index contributed by atoms with van der Waals surface area (Å²) in [6.45, 7) is 6.45. The Morgan fingerprint density at radius 2 is 1.20 bits per heavy atom. The number of anilines is 1. The molecule has 18 nitrogen and oxygen atoms in total. The molecule has 302 valence electrons. The molecule has 1 unspecified atom stereocenters. The first-order valence-corrected chi connectivity index (χ1v) is 18.2. The van der Waals surface area contributed by atoms with E-state index in [2.05, 4.69) is 15.4 Å². The van der Waals surface area contributed by atoms with Crippen LogP contribution in [0.1, 0.15) is 59.2 Å². The van der Waals surface area contributed by atoms with Gasteiger partial charge < -0.3 is 47.9 Å². The fourth-order valence-corrected chi connectivity index (χ4v) is 5.25. The molecular weight excluding hydrogens is 714 g/mol. The van der Waals surface area contributed by atoms with Crippen LogP contribution in [-0.4, -0.2) is 159 Å². The van der Waals surface area contributed by atoms with Gasteiger partial charge in [-0.15, -0.1) is 0 Å². The molecule has 0 spiro atoms. The Balaban J connectivity index is 1.06. The van der Waals surface area contributed by atoms with Gasteiger partial charge >= 0.3 is 5.97 Å². The normalized spacial score (nSPS) is 15.4. The van der Waals surface area contributed by atoms with Crippen molar-refractivity contribution in [2.24, 2.45) is 0 Å². The van der Waals surface area contributed by atoms with E-state index in [1.165, 1.54) is 13.2 Å². The fourth-order valence-electron chi connectivity index (χ4n) is 5.25. The van der Waals surface area contributed by atoms with Crippen LogP contribution in [0.3, 0.4) is 0 Å². The van der Waals surface area contributed by atoms with Crippen molar-refractivity contribution in [2.45, 2.75) is 44.6 Å². The third-order valence-electron chi connectivity index (χ3n) is 7.99. The molecule has 5 amide bonds. The molecule has 1 atom stereocenters. The van der Waals surface area contributed by atoms with Gasteiger partial charge in [-0.25, -0.2) is 4.79 Å². The minimum Gasteiger partial charge on any atom is -0.467 e. The van der Waals surface area contributed by atoms with Crippen LogP contribution in [0.25, 0.3) is 0 Å². The Bertz CT molecular complexity index is 1340. The molecule has 18 heteroatoms. The van der Waals surface area contributed by atoms with Crippen molar-refractivity contribution in [1.82, 2.24) is 10.2 Å². The first-order chi connectivity index (χ1) is 26.3. The number of imide groups is 2. The van der Waals surface area contributed by atoms with Crippen LogP contribution in [-0.2, 0) is 61.8 Å². The van der Waals surface area contributed by atoms with Crippen molar-refractivity contribution in [3.8, 4) is 0 Å². The fraction of sp³-hybridized carbons (Fsp3) is 0.667. The first kappa shape index (κ1) is 44.5. The molecular formula is C36H53N3O15. The molecule has 54 heavy (non-hydrogen) atoms. The van der Waals surface area contributed by atoms with E-state index in [4.69, 9.17) is 37.9 Å². The summed E-state index contributed by atoms with van der Waals surface area (Å²) in [7, 11) is 1.30. The minimum atomic E-state index is -1.08. The largest absolute Gasteiger partial charge is 0.467 e. The Morgan fingerprint density at radius 1 is 0.685 bits per heavy atom. The number of hydrogen-bond acceptors (Lipinski definition) is 15. The Labute approximate surface area is 314 Å². The van der Waals surface area contributed by atoms with E-state index in [0.29, 0.717) is 106 Å². The molecule has 2 N–H and O–H groups in total. The monoisotopic (exact) mass is 767 g/mol. The molecule has 2 aliphatic rings. The summed E-state index contributed by atoms with van der Waals surface area (Å²) in [4.78, 5) is 74.3.